The Bertz CT molecular complexity index is 495. The lowest BCUT2D eigenvalue weighted by atomic mass is 10.3. The van der Waals surface area contributed by atoms with E-state index in [4.69, 9.17) is 5.73 Å². The van der Waals surface area contributed by atoms with Crippen molar-refractivity contribution in [2.45, 2.75) is 13.8 Å². The van der Waals surface area contributed by atoms with Gasteiger partial charge in [-0.3, -0.25) is 14.2 Å². The second-order valence-corrected chi connectivity index (χ2v) is 3.76. The monoisotopic (exact) mass is 235 g/mol. The molecular formula is C11H17N5O. The SMILES string of the molecule is Cc1cc(C(N)=O)n(C)n1.Cc1ccnn1C. The lowest BCUT2D eigenvalue weighted by molar-refractivity contribution is 0.0991. The number of hydrogen-bond acceptors (Lipinski definition) is 3. The highest BCUT2D eigenvalue weighted by Gasteiger charge is 2.05. The van der Waals surface area contributed by atoms with Gasteiger partial charge in [0.1, 0.15) is 5.69 Å². The molecule has 0 radical (unpaired) electrons. The first kappa shape index (κ1) is 13.0. The predicted molar refractivity (Wildman–Crippen MR) is 64.4 cm³/mol. The molecular weight excluding hydrogens is 218 g/mol. The van der Waals surface area contributed by atoms with Gasteiger partial charge in [-0.15, -0.1) is 0 Å². The van der Waals surface area contributed by atoms with Crippen LogP contribution in [0.4, 0.5) is 0 Å². The van der Waals surface area contributed by atoms with Crippen molar-refractivity contribution >= 4 is 5.91 Å². The van der Waals surface area contributed by atoms with Gasteiger partial charge in [0.25, 0.3) is 5.91 Å². The number of amides is 1. The van der Waals surface area contributed by atoms with Crippen molar-refractivity contribution in [3.63, 3.8) is 0 Å². The van der Waals surface area contributed by atoms with Crippen molar-refractivity contribution in [3.05, 3.63) is 35.4 Å². The standard InChI is InChI=1S/C6H9N3O.C5H8N2/c1-4-3-5(6(7)10)9(2)8-4;1-5-3-4-6-7(5)2/h3H,1-2H3,(H2,7,10);3-4H,1-2H3. The minimum atomic E-state index is -0.442. The van der Waals surface area contributed by atoms with Crippen LogP contribution in [0.5, 0.6) is 0 Å². The van der Waals surface area contributed by atoms with Crippen LogP contribution in [0, 0.1) is 13.8 Å². The predicted octanol–water partition coefficient (Wildman–Crippen LogP) is 0.556. The fourth-order valence-corrected chi connectivity index (χ4v) is 1.28. The topological polar surface area (TPSA) is 78.7 Å². The first-order valence-corrected chi connectivity index (χ1v) is 5.17. The smallest absolute Gasteiger partial charge is 0.266 e. The number of aryl methyl sites for hydroxylation is 4. The summed E-state index contributed by atoms with van der Waals surface area (Å²) in [6, 6.07) is 3.63. The Morgan fingerprint density at radius 3 is 2.12 bits per heavy atom. The lowest BCUT2D eigenvalue weighted by Crippen LogP contribution is -2.15. The summed E-state index contributed by atoms with van der Waals surface area (Å²) in [5.41, 5.74) is 7.47. The number of primary amides is 1. The van der Waals surface area contributed by atoms with Gasteiger partial charge in [0.05, 0.1) is 5.69 Å². The third kappa shape index (κ3) is 3.44. The number of hydrogen-bond donors (Lipinski definition) is 1. The molecule has 2 aromatic rings. The maximum atomic E-state index is 10.6. The quantitative estimate of drug-likeness (QED) is 0.784. The highest BCUT2D eigenvalue weighted by molar-refractivity contribution is 5.91. The Kier molecular flexibility index (Phi) is 4.03. The third-order valence-electron chi connectivity index (χ3n) is 2.32. The Balaban J connectivity index is 0.000000181. The molecule has 0 saturated carbocycles. The highest BCUT2D eigenvalue weighted by Crippen LogP contribution is 1.99. The molecule has 2 aromatic heterocycles. The minimum absolute atomic E-state index is 0.442. The molecule has 0 bridgehead atoms. The first-order chi connectivity index (χ1) is 7.91. The van der Waals surface area contributed by atoms with E-state index in [1.54, 1.807) is 19.3 Å². The summed E-state index contributed by atoms with van der Waals surface area (Å²) in [5.74, 6) is -0.442. The maximum Gasteiger partial charge on any atom is 0.266 e. The highest BCUT2D eigenvalue weighted by atomic mass is 16.1. The van der Waals surface area contributed by atoms with E-state index in [9.17, 15) is 4.79 Å². The molecule has 0 spiro atoms. The number of nitrogens with two attached hydrogens (primary N) is 1. The molecule has 0 aliphatic carbocycles. The Hall–Kier alpha value is -2.11. The zero-order chi connectivity index (χ0) is 13.0. The molecule has 6 nitrogen and oxygen atoms in total. The fourth-order valence-electron chi connectivity index (χ4n) is 1.28. The van der Waals surface area contributed by atoms with Gasteiger partial charge in [-0.05, 0) is 26.0 Å². The van der Waals surface area contributed by atoms with E-state index < -0.39 is 5.91 Å². The van der Waals surface area contributed by atoms with Crippen molar-refractivity contribution < 1.29 is 4.79 Å². The molecule has 6 heteroatoms. The summed E-state index contributed by atoms with van der Waals surface area (Å²) in [7, 11) is 3.61. The Morgan fingerprint density at radius 2 is 1.94 bits per heavy atom. The molecule has 0 atom stereocenters. The normalized spacial score (nSPS) is 9.65. The average molecular weight is 235 g/mol. The van der Waals surface area contributed by atoms with Crippen molar-refractivity contribution in [3.8, 4) is 0 Å². The summed E-state index contributed by atoms with van der Waals surface area (Å²) < 4.78 is 3.30. The lowest BCUT2D eigenvalue weighted by Gasteiger charge is -1.92. The van der Waals surface area contributed by atoms with Crippen LogP contribution >= 0.6 is 0 Å². The molecule has 1 amide bonds. The molecule has 0 saturated heterocycles. The molecule has 2 heterocycles. The summed E-state index contributed by atoms with van der Waals surface area (Å²) in [4.78, 5) is 10.6. The summed E-state index contributed by atoms with van der Waals surface area (Å²) in [5, 5.41) is 7.88. The largest absolute Gasteiger partial charge is 0.364 e. The van der Waals surface area contributed by atoms with Gasteiger partial charge in [0.2, 0.25) is 0 Å². The fraction of sp³-hybridized carbons (Fsp3) is 0.364. The molecule has 0 unspecified atom stereocenters. The third-order valence-corrected chi connectivity index (χ3v) is 2.32. The van der Waals surface area contributed by atoms with Crippen LogP contribution in [0.15, 0.2) is 18.3 Å². The second-order valence-electron chi connectivity index (χ2n) is 3.76. The number of rotatable bonds is 1. The van der Waals surface area contributed by atoms with Crippen LogP contribution in [0.3, 0.4) is 0 Å². The van der Waals surface area contributed by atoms with E-state index in [1.165, 1.54) is 10.4 Å². The van der Waals surface area contributed by atoms with E-state index in [2.05, 4.69) is 10.2 Å². The van der Waals surface area contributed by atoms with Crippen molar-refractivity contribution in [2.24, 2.45) is 19.8 Å². The second kappa shape index (κ2) is 5.29. The van der Waals surface area contributed by atoms with Crippen LogP contribution in [-0.4, -0.2) is 25.5 Å². The molecule has 0 aromatic carbocycles. The zero-order valence-electron chi connectivity index (χ0n) is 10.5. The van der Waals surface area contributed by atoms with Gasteiger partial charge < -0.3 is 5.73 Å². The van der Waals surface area contributed by atoms with Gasteiger partial charge in [-0.25, -0.2) is 0 Å². The maximum absolute atomic E-state index is 10.6. The van der Waals surface area contributed by atoms with Gasteiger partial charge in [0.15, 0.2) is 0 Å². The van der Waals surface area contributed by atoms with Crippen LogP contribution in [-0.2, 0) is 14.1 Å². The van der Waals surface area contributed by atoms with Gasteiger partial charge in [-0.1, -0.05) is 0 Å². The first-order valence-electron chi connectivity index (χ1n) is 5.17. The zero-order valence-corrected chi connectivity index (χ0v) is 10.5. The summed E-state index contributed by atoms with van der Waals surface area (Å²) in [6.45, 7) is 3.83. The molecule has 0 aliphatic rings. The van der Waals surface area contributed by atoms with Crippen molar-refractivity contribution in [1.29, 1.82) is 0 Å². The number of carbonyl (C=O) groups excluding carboxylic acids is 1. The molecule has 0 fully saturated rings. The summed E-state index contributed by atoms with van der Waals surface area (Å²) >= 11 is 0. The number of nitrogens with zero attached hydrogens (tertiary/aromatic N) is 4. The molecule has 92 valence electrons. The van der Waals surface area contributed by atoms with Crippen molar-refractivity contribution in [1.82, 2.24) is 19.6 Å². The molecule has 2 rings (SSSR count). The Labute approximate surface area is 100 Å². The van der Waals surface area contributed by atoms with Crippen molar-refractivity contribution in [2.75, 3.05) is 0 Å². The number of carbonyl (C=O) groups is 1. The average Bonchev–Trinajstić information content (AvgIpc) is 2.75. The molecule has 2 N–H and O–H groups in total. The van der Waals surface area contributed by atoms with Crippen LogP contribution in [0.25, 0.3) is 0 Å². The van der Waals surface area contributed by atoms with Gasteiger partial charge in [-0.2, -0.15) is 10.2 Å². The van der Waals surface area contributed by atoms with E-state index in [1.807, 2.05) is 31.6 Å². The van der Waals surface area contributed by atoms with Gasteiger partial charge >= 0.3 is 0 Å². The van der Waals surface area contributed by atoms with Crippen LogP contribution in [0.2, 0.25) is 0 Å². The molecule has 0 aliphatic heterocycles. The number of aromatic nitrogens is 4. The van der Waals surface area contributed by atoms with E-state index in [0.717, 1.165) is 5.69 Å². The van der Waals surface area contributed by atoms with Crippen LogP contribution < -0.4 is 5.73 Å². The van der Waals surface area contributed by atoms with Crippen LogP contribution in [0.1, 0.15) is 21.9 Å². The van der Waals surface area contributed by atoms with E-state index in [0.29, 0.717) is 5.69 Å². The Morgan fingerprint density at radius 1 is 1.29 bits per heavy atom. The summed E-state index contributed by atoms with van der Waals surface area (Å²) in [6.07, 6.45) is 1.79. The minimum Gasteiger partial charge on any atom is -0.364 e. The van der Waals surface area contributed by atoms with E-state index in [-0.39, 0.29) is 0 Å². The van der Waals surface area contributed by atoms with Gasteiger partial charge in [0, 0.05) is 26.0 Å². The van der Waals surface area contributed by atoms with E-state index >= 15 is 0 Å². The molecule has 17 heavy (non-hydrogen) atoms.